The van der Waals surface area contributed by atoms with Crippen LogP contribution < -0.4 is 0 Å². The fourth-order valence-electron chi connectivity index (χ4n) is 1.35. The first-order valence-electron chi connectivity index (χ1n) is 4.63. The van der Waals surface area contributed by atoms with Gasteiger partial charge in [0.1, 0.15) is 0 Å². The molecule has 1 aliphatic rings. The molecule has 0 spiro atoms. The summed E-state index contributed by atoms with van der Waals surface area (Å²) in [5, 5.41) is 8.46. The average molecular weight is 188 g/mol. The van der Waals surface area contributed by atoms with Gasteiger partial charge in [0.2, 0.25) is 0 Å². The minimum Gasteiger partial charge on any atom is -0.481 e. The lowest BCUT2D eigenvalue weighted by Gasteiger charge is -2.14. The molecule has 2 atom stereocenters. The smallest absolute Gasteiger partial charge is 0.305 e. The van der Waals surface area contributed by atoms with Crippen molar-refractivity contribution in [2.75, 3.05) is 13.2 Å². The predicted molar refractivity (Wildman–Crippen MR) is 46.6 cm³/mol. The highest BCUT2D eigenvalue weighted by molar-refractivity contribution is 5.67. The van der Waals surface area contributed by atoms with Crippen LogP contribution >= 0.6 is 0 Å². The van der Waals surface area contributed by atoms with Gasteiger partial charge < -0.3 is 14.6 Å². The van der Waals surface area contributed by atoms with Crippen molar-refractivity contribution in [3.05, 3.63) is 0 Å². The Hall–Kier alpha value is -0.610. The van der Waals surface area contributed by atoms with Crippen LogP contribution in [0, 0.1) is 0 Å². The van der Waals surface area contributed by atoms with Crippen LogP contribution in [0.15, 0.2) is 0 Å². The van der Waals surface area contributed by atoms with Crippen LogP contribution in [-0.4, -0.2) is 36.5 Å². The Balaban J connectivity index is 2.06. The van der Waals surface area contributed by atoms with E-state index in [0.29, 0.717) is 6.61 Å². The molecule has 13 heavy (non-hydrogen) atoms. The fraction of sp³-hybridized carbons (Fsp3) is 0.889. The number of aliphatic carboxylic acids is 1. The predicted octanol–water partition coefficient (Wildman–Crippen LogP) is 1.05. The second kappa shape index (κ2) is 5.19. The molecule has 4 heteroatoms. The third kappa shape index (κ3) is 4.24. The van der Waals surface area contributed by atoms with Crippen LogP contribution in [-0.2, 0) is 14.3 Å². The standard InChI is InChI=1S/C9H16O4/c1-7(5-9(10)11)13-6-8-3-2-4-12-8/h7-8H,2-6H2,1H3,(H,10,11)/t7-,8?/m0/s1. The van der Waals surface area contributed by atoms with Gasteiger partial charge >= 0.3 is 5.97 Å². The Morgan fingerprint density at radius 2 is 2.54 bits per heavy atom. The van der Waals surface area contributed by atoms with E-state index in [1.807, 2.05) is 0 Å². The molecule has 1 rings (SSSR count). The highest BCUT2D eigenvalue weighted by Gasteiger charge is 2.17. The van der Waals surface area contributed by atoms with Crippen LogP contribution in [0.3, 0.4) is 0 Å². The largest absolute Gasteiger partial charge is 0.481 e. The maximum atomic E-state index is 10.3. The Labute approximate surface area is 77.8 Å². The quantitative estimate of drug-likeness (QED) is 0.700. The Morgan fingerprint density at radius 3 is 3.08 bits per heavy atom. The number of rotatable bonds is 5. The molecule has 4 nitrogen and oxygen atoms in total. The van der Waals surface area contributed by atoms with Crippen LogP contribution in [0.5, 0.6) is 0 Å². The highest BCUT2D eigenvalue weighted by Crippen LogP contribution is 2.13. The van der Waals surface area contributed by atoms with Gasteiger partial charge in [-0.1, -0.05) is 0 Å². The molecule has 76 valence electrons. The van der Waals surface area contributed by atoms with Crippen molar-refractivity contribution < 1.29 is 19.4 Å². The molecule has 0 bridgehead atoms. The molecule has 1 unspecified atom stereocenters. The zero-order chi connectivity index (χ0) is 9.68. The Morgan fingerprint density at radius 1 is 1.77 bits per heavy atom. The van der Waals surface area contributed by atoms with Crippen molar-refractivity contribution in [1.29, 1.82) is 0 Å². The summed E-state index contributed by atoms with van der Waals surface area (Å²) >= 11 is 0. The molecule has 1 saturated heterocycles. The summed E-state index contributed by atoms with van der Waals surface area (Å²) in [5.41, 5.74) is 0. The number of hydrogen-bond acceptors (Lipinski definition) is 3. The van der Waals surface area contributed by atoms with Gasteiger partial charge in [-0.05, 0) is 19.8 Å². The summed E-state index contributed by atoms with van der Waals surface area (Å²) in [6, 6.07) is 0. The van der Waals surface area contributed by atoms with Crippen molar-refractivity contribution in [3.8, 4) is 0 Å². The van der Waals surface area contributed by atoms with Gasteiger partial charge in [0.15, 0.2) is 0 Å². The van der Waals surface area contributed by atoms with E-state index >= 15 is 0 Å². The summed E-state index contributed by atoms with van der Waals surface area (Å²) in [5.74, 6) is -0.820. The van der Waals surface area contributed by atoms with Crippen molar-refractivity contribution in [1.82, 2.24) is 0 Å². The van der Waals surface area contributed by atoms with Crippen molar-refractivity contribution >= 4 is 5.97 Å². The van der Waals surface area contributed by atoms with Crippen LogP contribution in [0.25, 0.3) is 0 Å². The first kappa shape index (κ1) is 10.5. The van der Waals surface area contributed by atoms with Gasteiger partial charge in [-0.15, -0.1) is 0 Å². The molecular formula is C9H16O4. The van der Waals surface area contributed by atoms with Gasteiger partial charge in [0.25, 0.3) is 0 Å². The lowest BCUT2D eigenvalue weighted by molar-refractivity contribution is -0.140. The third-order valence-electron chi connectivity index (χ3n) is 2.05. The molecule has 1 fully saturated rings. The summed E-state index contributed by atoms with van der Waals surface area (Å²) in [7, 11) is 0. The zero-order valence-electron chi connectivity index (χ0n) is 7.86. The van der Waals surface area contributed by atoms with Gasteiger partial charge in [-0.25, -0.2) is 0 Å². The molecule has 0 amide bonds. The van der Waals surface area contributed by atoms with Gasteiger partial charge in [0, 0.05) is 6.61 Å². The van der Waals surface area contributed by atoms with E-state index in [1.165, 1.54) is 0 Å². The lowest BCUT2D eigenvalue weighted by Crippen LogP contribution is -2.21. The molecule has 0 saturated carbocycles. The molecule has 1 heterocycles. The summed E-state index contributed by atoms with van der Waals surface area (Å²) in [4.78, 5) is 10.3. The van der Waals surface area contributed by atoms with Crippen molar-refractivity contribution in [2.24, 2.45) is 0 Å². The summed E-state index contributed by atoms with van der Waals surface area (Å²) in [6.07, 6.45) is 2.13. The van der Waals surface area contributed by atoms with Gasteiger partial charge in [-0.3, -0.25) is 4.79 Å². The second-order valence-corrected chi connectivity index (χ2v) is 3.38. The third-order valence-corrected chi connectivity index (χ3v) is 2.05. The van der Waals surface area contributed by atoms with Gasteiger partial charge in [0.05, 0.1) is 25.2 Å². The second-order valence-electron chi connectivity index (χ2n) is 3.38. The number of hydrogen-bond donors (Lipinski definition) is 1. The van der Waals surface area contributed by atoms with E-state index in [9.17, 15) is 4.79 Å². The highest BCUT2D eigenvalue weighted by atomic mass is 16.5. The first-order valence-corrected chi connectivity index (χ1v) is 4.63. The maximum absolute atomic E-state index is 10.3. The van der Waals surface area contributed by atoms with Crippen LogP contribution in [0.2, 0.25) is 0 Å². The van der Waals surface area contributed by atoms with Crippen molar-refractivity contribution in [3.63, 3.8) is 0 Å². The van der Waals surface area contributed by atoms with Gasteiger partial charge in [-0.2, -0.15) is 0 Å². The topological polar surface area (TPSA) is 55.8 Å². The maximum Gasteiger partial charge on any atom is 0.305 e. The Kier molecular flexibility index (Phi) is 4.18. The van der Waals surface area contributed by atoms with E-state index in [2.05, 4.69) is 0 Å². The minimum absolute atomic E-state index is 0.0622. The van der Waals surface area contributed by atoms with Crippen LogP contribution in [0.1, 0.15) is 26.2 Å². The lowest BCUT2D eigenvalue weighted by atomic mass is 10.2. The molecule has 0 aromatic heterocycles. The van der Waals surface area contributed by atoms with Crippen LogP contribution in [0.4, 0.5) is 0 Å². The normalized spacial score (nSPS) is 24.5. The minimum atomic E-state index is -0.820. The molecular weight excluding hydrogens is 172 g/mol. The molecule has 1 aliphatic heterocycles. The SMILES string of the molecule is C[C@@H](CC(=O)O)OCC1CCCO1. The van der Waals surface area contributed by atoms with E-state index in [0.717, 1.165) is 19.4 Å². The average Bonchev–Trinajstić information content (AvgIpc) is 2.51. The number of ether oxygens (including phenoxy) is 2. The van der Waals surface area contributed by atoms with E-state index in [4.69, 9.17) is 14.6 Å². The molecule has 1 N–H and O–H groups in total. The molecule has 0 radical (unpaired) electrons. The fourth-order valence-corrected chi connectivity index (χ4v) is 1.35. The van der Waals surface area contributed by atoms with E-state index in [1.54, 1.807) is 6.92 Å². The summed E-state index contributed by atoms with van der Waals surface area (Å²) < 4.78 is 10.7. The van der Waals surface area contributed by atoms with E-state index < -0.39 is 5.97 Å². The monoisotopic (exact) mass is 188 g/mol. The number of carboxylic acid groups (broad SMARTS) is 1. The van der Waals surface area contributed by atoms with Crippen molar-refractivity contribution in [2.45, 2.75) is 38.4 Å². The first-order chi connectivity index (χ1) is 6.18. The summed E-state index contributed by atoms with van der Waals surface area (Å²) in [6.45, 7) is 3.10. The Bertz CT molecular complexity index is 163. The molecule has 0 aromatic carbocycles. The van der Waals surface area contributed by atoms with E-state index in [-0.39, 0.29) is 18.6 Å². The molecule has 0 aromatic rings. The molecule has 0 aliphatic carbocycles. The zero-order valence-corrected chi connectivity index (χ0v) is 7.86. The number of carboxylic acids is 1. The number of carbonyl (C=O) groups is 1.